The van der Waals surface area contributed by atoms with Crippen molar-refractivity contribution in [3.8, 4) is 0 Å². The Morgan fingerprint density at radius 3 is 2.35 bits per heavy atom. The van der Waals surface area contributed by atoms with Gasteiger partial charge in [0.2, 0.25) is 10.0 Å². The normalized spacial score (nSPS) is 23.2. The monoisotopic (exact) mass is 391 g/mol. The van der Waals surface area contributed by atoms with Gasteiger partial charge in [-0.05, 0) is 18.2 Å². The molecule has 1 heterocycles. The third kappa shape index (κ3) is 3.57. The molecule has 2 atom stereocenters. The first-order valence-corrected chi connectivity index (χ1v) is 8.39. The maximum atomic E-state index is 12.9. The van der Waals surface area contributed by atoms with E-state index < -0.39 is 52.0 Å². The van der Waals surface area contributed by atoms with Crippen LogP contribution in [0.2, 0.25) is 10.0 Å². The van der Waals surface area contributed by atoms with Crippen molar-refractivity contribution in [1.29, 1.82) is 0 Å². The molecule has 1 N–H and O–H groups in total. The molecule has 1 fully saturated rings. The number of carboxylic acids is 1. The summed E-state index contributed by atoms with van der Waals surface area (Å²) < 4.78 is 64.3. The molecule has 23 heavy (non-hydrogen) atoms. The van der Waals surface area contributed by atoms with Crippen LogP contribution < -0.4 is 0 Å². The second-order valence-corrected chi connectivity index (χ2v) is 7.74. The number of nitrogens with zero attached hydrogens (tertiary/aromatic N) is 1. The third-order valence-corrected chi connectivity index (χ3v) is 6.08. The van der Waals surface area contributed by atoms with Crippen LogP contribution in [0.1, 0.15) is 0 Å². The minimum absolute atomic E-state index is 0.0364. The average molecular weight is 392 g/mol. The lowest BCUT2D eigenvalue weighted by molar-refractivity contribution is -0.187. The Balaban J connectivity index is 2.42. The smallest absolute Gasteiger partial charge is 0.393 e. The fraction of sp³-hybridized carbons (Fsp3) is 0.417. The summed E-state index contributed by atoms with van der Waals surface area (Å²) in [6.07, 6.45) is -4.83. The second-order valence-electron chi connectivity index (χ2n) is 4.99. The van der Waals surface area contributed by atoms with E-state index in [0.29, 0.717) is 4.31 Å². The van der Waals surface area contributed by atoms with Crippen LogP contribution in [0.4, 0.5) is 13.2 Å². The molecule has 0 aliphatic carbocycles. The van der Waals surface area contributed by atoms with Crippen molar-refractivity contribution in [3.63, 3.8) is 0 Å². The molecule has 1 aliphatic rings. The highest BCUT2D eigenvalue weighted by Gasteiger charge is 2.55. The molecule has 0 saturated carbocycles. The van der Waals surface area contributed by atoms with E-state index in [-0.39, 0.29) is 10.0 Å². The van der Waals surface area contributed by atoms with Gasteiger partial charge in [0.15, 0.2) is 0 Å². The number of aliphatic carboxylic acids is 1. The van der Waals surface area contributed by atoms with Crippen LogP contribution in [0.3, 0.4) is 0 Å². The van der Waals surface area contributed by atoms with Crippen molar-refractivity contribution in [1.82, 2.24) is 4.31 Å². The molecule has 0 unspecified atom stereocenters. The molecule has 0 amide bonds. The number of benzene rings is 1. The zero-order chi connectivity index (χ0) is 17.6. The molecule has 128 valence electrons. The molecule has 1 aromatic carbocycles. The second kappa shape index (κ2) is 6.12. The predicted octanol–water partition coefficient (Wildman–Crippen LogP) is 2.88. The van der Waals surface area contributed by atoms with Gasteiger partial charge in [-0.25, -0.2) is 8.42 Å². The van der Waals surface area contributed by atoms with Gasteiger partial charge in [-0.1, -0.05) is 23.2 Å². The Labute approximate surface area is 139 Å². The number of sulfonamides is 1. The number of carboxylic acid groups (broad SMARTS) is 1. The fourth-order valence-corrected chi connectivity index (χ4v) is 4.59. The van der Waals surface area contributed by atoms with E-state index in [1.165, 1.54) is 12.1 Å². The number of rotatable bonds is 3. The molecule has 0 bridgehead atoms. The van der Waals surface area contributed by atoms with Gasteiger partial charge in [0.1, 0.15) is 4.90 Å². The molecule has 0 radical (unpaired) electrons. The van der Waals surface area contributed by atoms with Crippen molar-refractivity contribution in [2.45, 2.75) is 11.1 Å². The van der Waals surface area contributed by atoms with Crippen molar-refractivity contribution in [2.75, 3.05) is 13.1 Å². The summed E-state index contributed by atoms with van der Waals surface area (Å²) in [5, 5.41) is 8.76. The van der Waals surface area contributed by atoms with Crippen molar-refractivity contribution in [3.05, 3.63) is 28.2 Å². The first-order valence-electron chi connectivity index (χ1n) is 6.19. The van der Waals surface area contributed by atoms with E-state index in [2.05, 4.69) is 0 Å². The van der Waals surface area contributed by atoms with Gasteiger partial charge < -0.3 is 5.11 Å². The molecule has 5 nitrogen and oxygen atoms in total. The number of halogens is 5. The SMILES string of the molecule is O=C(O)[C@@H]1CN(S(=O)(=O)c2cc(Cl)ccc2Cl)C[C@H]1C(F)(F)F. The maximum Gasteiger partial charge on any atom is 0.393 e. The summed E-state index contributed by atoms with van der Waals surface area (Å²) in [4.78, 5) is 10.6. The van der Waals surface area contributed by atoms with Gasteiger partial charge in [0, 0.05) is 18.1 Å². The minimum atomic E-state index is -4.83. The van der Waals surface area contributed by atoms with E-state index in [1.807, 2.05) is 0 Å². The van der Waals surface area contributed by atoms with Crippen molar-refractivity contribution < 1.29 is 31.5 Å². The van der Waals surface area contributed by atoms with E-state index in [9.17, 15) is 26.4 Å². The van der Waals surface area contributed by atoms with Gasteiger partial charge in [-0.15, -0.1) is 0 Å². The van der Waals surface area contributed by atoms with Gasteiger partial charge in [-0.2, -0.15) is 17.5 Å². The van der Waals surface area contributed by atoms with Crippen LogP contribution in [-0.2, 0) is 14.8 Å². The molecule has 1 saturated heterocycles. The van der Waals surface area contributed by atoms with Gasteiger partial charge in [0.05, 0.1) is 16.9 Å². The lowest BCUT2D eigenvalue weighted by atomic mass is 9.96. The summed E-state index contributed by atoms with van der Waals surface area (Å²) in [5.41, 5.74) is 0. The van der Waals surface area contributed by atoms with Crippen LogP contribution in [-0.4, -0.2) is 43.1 Å². The maximum absolute atomic E-state index is 12.9. The summed E-state index contributed by atoms with van der Waals surface area (Å²) in [5.74, 6) is -5.86. The van der Waals surface area contributed by atoms with E-state index in [0.717, 1.165) is 6.07 Å². The zero-order valence-corrected chi connectivity index (χ0v) is 13.5. The summed E-state index contributed by atoms with van der Waals surface area (Å²) in [6.45, 7) is -1.77. The summed E-state index contributed by atoms with van der Waals surface area (Å²) in [7, 11) is -4.40. The largest absolute Gasteiger partial charge is 0.481 e. The first-order chi connectivity index (χ1) is 10.4. The standard InChI is InChI=1S/C12H10Cl2F3NO4S/c13-6-1-2-9(14)10(3-6)23(21,22)18-4-7(11(19)20)8(5-18)12(15,16)17/h1-3,7-8H,4-5H2,(H,19,20)/t7-,8-/m1/s1. The van der Waals surface area contributed by atoms with Crippen LogP contribution in [0.5, 0.6) is 0 Å². The summed E-state index contributed by atoms with van der Waals surface area (Å²) >= 11 is 11.5. The molecule has 0 spiro atoms. The Morgan fingerprint density at radius 1 is 1.26 bits per heavy atom. The number of carbonyl (C=O) groups is 1. The van der Waals surface area contributed by atoms with Crippen LogP contribution in [0, 0.1) is 11.8 Å². The fourth-order valence-electron chi connectivity index (χ4n) is 2.36. The minimum Gasteiger partial charge on any atom is -0.481 e. The molecule has 0 aromatic heterocycles. The van der Waals surface area contributed by atoms with Crippen LogP contribution in [0.25, 0.3) is 0 Å². The predicted molar refractivity (Wildman–Crippen MR) is 75.9 cm³/mol. The van der Waals surface area contributed by atoms with E-state index >= 15 is 0 Å². The molecule has 1 aromatic rings. The van der Waals surface area contributed by atoms with Gasteiger partial charge in [0.25, 0.3) is 0 Å². The molecular weight excluding hydrogens is 382 g/mol. The lowest BCUT2D eigenvalue weighted by Crippen LogP contribution is -2.34. The highest BCUT2D eigenvalue weighted by molar-refractivity contribution is 7.89. The van der Waals surface area contributed by atoms with Crippen LogP contribution >= 0.6 is 23.2 Å². The molecule has 1 aliphatic heterocycles. The Kier molecular flexibility index (Phi) is 4.87. The topological polar surface area (TPSA) is 74.7 Å². The number of alkyl halides is 3. The Morgan fingerprint density at radius 2 is 1.87 bits per heavy atom. The Bertz CT molecular complexity index is 738. The molecule has 11 heteroatoms. The van der Waals surface area contributed by atoms with Crippen LogP contribution in [0.15, 0.2) is 23.1 Å². The van der Waals surface area contributed by atoms with Crippen molar-refractivity contribution >= 4 is 39.2 Å². The lowest BCUT2D eigenvalue weighted by Gasteiger charge is -2.19. The van der Waals surface area contributed by atoms with Gasteiger partial charge >= 0.3 is 12.1 Å². The van der Waals surface area contributed by atoms with Crippen molar-refractivity contribution in [2.24, 2.45) is 11.8 Å². The molecule has 2 rings (SSSR count). The average Bonchev–Trinajstić information content (AvgIpc) is 2.87. The number of hydrogen-bond donors (Lipinski definition) is 1. The first kappa shape index (κ1) is 18.3. The number of hydrogen-bond acceptors (Lipinski definition) is 3. The van der Waals surface area contributed by atoms with E-state index in [1.54, 1.807) is 0 Å². The summed E-state index contributed by atoms with van der Waals surface area (Å²) in [6, 6.07) is 3.53. The highest BCUT2D eigenvalue weighted by Crippen LogP contribution is 2.40. The third-order valence-electron chi connectivity index (χ3n) is 3.54. The zero-order valence-electron chi connectivity index (χ0n) is 11.2. The van der Waals surface area contributed by atoms with E-state index in [4.69, 9.17) is 28.3 Å². The quantitative estimate of drug-likeness (QED) is 0.859. The Hall–Kier alpha value is -1.03. The molecular formula is C12H10Cl2F3NO4S. The van der Waals surface area contributed by atoms with Gasteiger partial charge in [-0.3, -0.25) is 4.79 Å². The highest BCUT2D eigenvalue weighted by atomic mass is 35.5.